The highest BCUT2D eigenvalue weighted by Crippen LogP contribution is 2.43. The Hall–Kier alpha value is -3.44. The number of hydrogen-bond donors (Lipinski definition) is 2. The number of anilines is 1. The van der Waals surface area contributed by atoms with E-state index in [9.17, 15) is 17.6 Å². The summed E-state index contributed by atoms with van der Waals surface area (Å²) in [5.74, 6) is -0.302. The van der Waals surface area contributed by atoms with E-state index in [4.69, 9.17) is 0 Å². The van der Waals surface area contributed by atoms with Crippen LogP contribution in [-0.4, -0.2) is 55.5 Å². The Morgan fingerprint density at radius 3 is 2.85 bits per heavy atom. The van der Waals surface area contributed by atoms with Crippen LogP contribution in [0.5, 0.6) is 0 Å². The number of nitrogens with zero attached hydrogens (tertiary/aromatic N) is 3. The van der Waals surface area contributed by atoms with Crippen LogP contribution < -0.4 is 9.62 Å². The lowest BCUT2D eigenvalue weighted by molar-refractivity contribution is 0.158. The summed E-state index contributed by atoms with van der Waals surface area (Å²) in [4.78, 5) is 21.6. The van der Waals surface area contributed by atoms with Crippen molar-refractivity contribution < 1.29 is 22.3 Å². The predicted octanol–water partition coefficient (Wildman–Crippen LogP) is 3.40. The number of pyridine rings is 1. The van der Waals surface area contributed by atoms with Gasteiger partial charge in [0.05, 0.1) is 6.61 Å². The smallest absolute Gasteiger partial charge is 0.421 e. The topological polar surface area (TPSA) is 108 Å². The number of halogens is 1. The lowest BCUT2D eigenvalue weighted by atomic mass is 9.98. The molecular formula is C23H24FN5O4S. The first-order chi connectivity index (χ1) is 16.3. The zero-order chi connectivity index (χ0) is 24.0. The molecule has 2 aliphatic heterocycles. The first-order valence-corrected chi connectivity index (χ1v) is 12.4. The Bertz CT molecular complexity index is 1430. The molecule has 0 bridgehead atoms. The first kappa shape index (κ1) is 22.4. The lowest BCUT2D eigenvalue weighted by Crippen LogP contribution is -2.45. The van der Waals surface area contributed by atoms with Crippen LogP contribution >= 0.6 is 0 Å². The number of aromatic amines is 1. The SMILES string of the molecule is CCOC(=O)NS(=O)(=O)N1CC=C(c2[nH]c3nccc4c3c2CN(C)c2ccc(F)cc2-4)CC1. The molecule has 0 aliphatic carbocycles. The molecule has 3 aromatic rings. The molecule has 0 spiro atoms. The van der Waals surface area contributed by atoms with Crippen molar-refractivity contribution in [2.45, 2.75) is 19.9 Å². The number of rotatable bonds is 4. The normalized spacial score (nSPS) is 16.1. The molecule has 11 heteroatoms. The summed E-state index contributed by atoms with van der Waals surface area (Å²) in [7, 11) is -2.04. The molecule has 2 aromatic heterocycles. The van der Waals surface area contributed by atoms with Gasteiger partial charge in [-0.2, -0.15) is 12.7 Å². The van der Waals surface area contributed by atoms with Crippen molar-refractivity contribution in [3.8, 4) is 11.1 Å². The molecule has 5 rings (SSSR count). The van der Waals surface area contributed by atoms with Crippen molar-refractivity contribution in [2.75, 3.05) is 31.6 Å². The molecule has 0 saturated heterocycles. The monoisotopic (exact) mass is 485 g/mol. The second-order valence-corrected chi connectivity index (χ2v) is 9.91. The van der Waals surface area contributed by atoms with Crippen molar-refractivity contribution >= 4 is 38.6 Å². The number of carbonyl (C=O) groups excluding carboxylic acids is 1. The average Bonchev–Trinajstić information content (AvgIpc) is 3.11. The Morgan fingerprint density at radius 2 is 2.12 bits per heavy atom. The molecule has 0 unspecified atom stereocenters. The quantitative estimate of drug-likeness (QED) is 0.587. The molecule has 2 N–H and O–H groups in total. The summed E-state index contributed by atoms with van der Waals surface area (Å²) in [6, 6.07) is 6.68. The van der Waals surface area contributed by atoms with E-state index >= 15 is 0 Å². The number of ether oxygens (including phenoxy) is 1. The van der Waals surface area contributed by atoms with E-state index in [2.05, 4.69) is 19.6 Å². The van der Waals surface area contributed by atoms with Crippen LogP contribution in [0.3, 0.4) is 0 Å². The largest absolute Gasteiger partial charge is 0.449 e. The van der Waals surface area contributed by atoms with Crippen LogP contribution in [0.15, 0.2) is 36.5 Å². The average molecular weight is 486 g/mol. The van der Waals surface area contributed by atoms with Gasteiger partial charge in [0.1, 0.15) is 11.5 Å². The zero-order valence-electron chi connectivity index (χ0n) is 18.8. The van der Waals surface area contributed by atoms with E-state index in [-0.39, 0.29) is 25.5 Å². The van der Waals surface area contributed by atoms with E-state index in [1.54, 1.807) is 25.3 Å². The molecule has 0 fully saturated rings. The number of nitrogens with one attached hydrogen (secondary N) is 2. The van der Waals surface area contributed by atoms with E-state index in [0.717, 1.165) is 39.0 Å². The molecule has 34 heavy (non-hydrogen) atoms. The van der Waals surface area contributed by atoms with Crippen molar-refractivity contribution in [3.05, 3.63) is 53.6 Å². The van der Waals surface area contributed by atoms with Crippen LogP contribution in [0.1, 0.15) is 24.6 Å². The second-order valence-electron chi connectivity index (χ2n) is 8.24. The van der Waals surface area contributed by atoms with Crippen molar-refractivity contribution in [3.63, 3.8) is 0 Å². The molecule has 4 heterocycles. The standard InChI is InChI=1S/C23H24FN5O4S/c1-3-33-23(30)27-34(31,32)29-10-7-14(8-11-29)21-18-13-28(2)19-5-4-15(24)12-17(19)16-6-9-25-22(26-21)20(16)18/h4-7,9,12H,3,8,10-11,13H2,1-2H3,(H,25,26)(H,27,30). The van der Waals surface area contributed by atoms with Gasteiger partial charge in [0.2, 0.25) is 0 Å². The minimum Gasteiger partial charge on any atom is -0.449 e. The molecule has 1 aromatic carbocycles. The molecule has 0 radical (unpaired) electrons. The highest BCUT2D eigenvalue weighted by molar-refractivity contribution is 7.87. The van der Waals surface area contributed by atoms with Crippen LogP contribution in [0.2, 0.25) is 0 Å². The molecule has 0 atom stereocenters. The molecule has 2 aliphatic rings. The van der Waals surface area contributed by atoms with Crippen LogP contribution in [-0.2, 0) is 21.5 Å². The Morgan fingerprint density at radius 1 is 1.29 bits per heavy atom. The maximum Gasteiger partial charge on any atom is 0.421 e. The molecule has 1 amide bonds. The third kappa shape index (κ3) is 3.80. The third-order valence-corrected chi connectivity index (χ3v) is 7.61. The van der Waals surface area contributed by atoms with Crippen LogP contribution in [0.25, 0.3) is 27.7 Å². The van der Waals surface area contributed by atoms with Crippen molar-refractivity contribution in [1.29, 1.82) is 0 Å². The summed E-state index contributed by atoms with van der Waals surface area (Å²) in [5.41, 5.74) is 6.23. The Balaban J connectivity index is 1.51. The van der Waals surface area contributed by atoms with E-state index in [1.165, 1.54) is 10.4 Å². The van der Waals surface area contributed by atoms with Gasteiger partial charge in [0.15, 0.2) is 0 Å². The third-order valence-electron chi connectivity index (χ3n) is 6.17. The molecule has 9 nitrogen and oxygen atoms in total. The number of aromatic nitrogens is 2. The highest BCUT2D eigenvalue weighted by Gasteiger charge is 2.30. The Kier molecular flexibility index (Phi) is 5.53. The minimum atomic E-state index is -4.00. The fraction of sp³-hybridized carbons (Fsp3) is 0.304. The number of hydrogen-bond acceptors (Lipinski definition) is 6. The Labute approximate surface area is 196 Å². The maximum atomic E-state index is 14.1. The van der Waals surface area contributed by atoms with Gasteiger partial charge in [-0.05, 0) is 48.7 Å². The summed E-state index contributed by atoms with van der Waals surface area (Å²) in [5, 5.41) is 0.939. The summed E-state index contributed by atoms with van der Waals surface area (Å²) >= 11 is 0. The van der Waals surface area contributed by atoms with Gasteiger partial charge >= 0.3 is 16.3 Å². The van der Waals surface area contributed by atoms with Gasteiger partial charge in [-0.25, -0.2) is 18.9 Å². The van der Waals surface area contributed by atoms with Crippen LogP contribution in [0, 0.1) is 5.82 Å². The van der Waals surface area contributed by atoms with Crippen molar-refractivity contribution in [1.82, 2.24) is 19.0 Å². The van der Waals surface area contributed by atoms with Gasteiger partial charge in [-0.3, -0.25) is 0 Å². The molecular weight excluding hydrogens is 461 g/mol. The van der Waals surface area contributed by atoms with Crippen LogP contribution in [0.4, 0.5) is 14.9 Å². The highest BCUT2D eigenvalue weighted by atomic mass is 32.2. The van der Waals surface area contributed by atoms with Gasteiger partial charge in [0.25, 0.3) is 0 Å². The predicted molar refractivity (Wildman–Crippen MR) is 127 cm³/mol. The maximum absolute atomic E-state index is 14.1. The van der Waals surface area contributed by atoms with Gasteiger partial charge in [-0.15, -0.1) is 0 Å². The molecule has 0 saturated carbocycles. The number of H-pyrrole nitrogens is 1. The fourth-order valence-electron chi connectivity index (χ4n) is 4.64. The number of fused-ring (bicyclic) bond motifs is 2. The van der Waals surface area contributed by atoms with E-state index < -0.39 is 16.3 Å². The van der Waals surface area contributed by atoms with E-state index in [1.807, 2.05) is 23.9 Å². The summed E-state index contributed by atoms with van der Waals surface area (Å²) < 4.78 is 46.9. The number of amides is 1. The van der Waals surface area contributed by atoms with Gasteiger partial charge in [0, 0.05) is 60.8 Å². The van der Waals surface area contributed by atoms with Gasteiger partial charge < -0.3 is 14.6 Å². The minimum absolute atomic E-state index is 0.0789. The molecule has 178 valence electrons. The second kappa shape index (κ2) is 8.41. The first-order valence-electron chi connectivity index (χ1n) is 10.9. The zero-order valence-corrected chi connectivity index (χ0v) is 19.6. The fourth-order valence-corrected chi connectivity index (χ4v) is 5.64. The number of carbonyl (C=O) groups is 1. The van der Waals surface area contributed by atoms with E-state index in [0.29, 0.717) is 18.6 Å². The summed E-state index contributed by atoms with van der Waals surface area (Å²) in [6.07, 6.45) is 2.99. The lowest BCUT2D eigenvalue weighted by Gasteiger charge is -2.26. The number of benzene rings is 1. The van der Waals surface area contributed by atoms with Gasteiger partial charge in [-0.1, -0.05) is 6.08 Å². The van der Waals surface area contributed by atoms with Crippen molar-refractivity contribution in [2.24, 2.45) is 0 Å². The summed E-state index contributed by atoms with van der Waals surface area (Å²) in [6.45, 7) is 2.58.